The lowest BCUT2D eigenvalue weighted by Crippen LogP contribution is -2.11. The Hall–Kier alpha value is -1.76. The molecule has 1 unspecified atom stereocenters. The molecule has 0 aliphatic heterocycles. The number of aromatic nitrogens is 4. The van der Waals surface area contributed by atoms with Gasteiger partial charge >= 0.3 is 0 Å². The monoisotopic (exact) mass is 265 g/mol. The van der Waals surface area contributed by atoms with Crippen LogP contribution in [-0.4, -0.2) is 24.0 Å². The van der Waals surface area contributed by atoms with E-state index in [4.69, 9.17) is 5.73 Å². The normalized spacial score (nSPS) is 12.8. The first-order valence-corrected chi connectivity index (χ1v) is 6.87. The fourth-order valence-electron chi connectivity index (χ4n) is 1.60. The van der Waals surface area contributed by atoms with Crippen molar-refractivity contribution in [3.05, 3.63) is 30.6 Å². The summed E-state index contributed by atoms with van der Waals surface area (Å²) in [4.78, 5) is 8.60. The molecular formula is C11H15N5OS. The first-order chi connectivity index (χ1) is 8.59. The molecule has 0 saturated heterocycles. The fraction of sp³-hybridized carbons (Fsp3) is 0.364. The molecule has 0 bridgehead atoms. The van der Waals surface area contributed by atoms with Crippen molar-refractivity contribution in [3.63, 3.8) is 0 Å². The number of nitrogen functional groups attached to an aromatic ring is 1. The molecule has 0 aliphatic rings. The van der Waals surface area contributed by atoms with E-state index in [1.165, 1.54) is 12.5 Å². The average molecular weight is 265 g/mol. The molecule has 2 rings (SSSR count). The van der Waals surface area contributed by atoms with Gasteiger partial charge in [0.05, 0.1) is 33.3 Å². The third-order valence-electron chi connectivity index (χ3n) is 2.45. The number of nitrogens with zero attached hydrogens (tertiary/aromatic N) is 4. The van der Waals surface area contributed by atoms with Crippen molar-refractivity contribution in [1.29, 1.82) is 0 Å². The topological polar surface area (TPSA) is 86.7 Å². The molecule has 6 nitrogen and oxygen atoms in total. The Morgan fingerprint density at radius 1 is 1.50 bits per heavy atom. The van der Waals surface area contributed by atoms with Crippen molar-refractivity contribution in [2.45, 2.75) is 30.5 Å². The average Bonchev–Trinajstić information content (AvgIpc) is 2.77. The van der Waals surface area contributed by atoms with Gasteiger partial charge in [0.25, 0.3) is 0 Å². The minimum absolute atomic E-state index is 0.189. The van der Waals surface area contributed by atoms with Crippen LogP contribution in [0.3, 0.4) is 0 Å². The maximum absolute atomic E-state index is 12.2. The summed E-state index contributed by atoms with van der Waals surface area (Å²) in [5.41, 5.74) is 6.19. The molecule has 2 aromatic heterocycles. The number of hydrogen-bond acceptors (Lipinski definition) is 5. The zero-order valence-electron chi connectivity index (χ0n) is 10.3. The van der Waals surface area contributed by atoms with Gasteiger partial charge in [-0.2, -0.15) is 5.10 Å². The van der Waals surface area contributed by atoms with Crippen LogP contribution in [0.25, 0.3) is 0 Å². The van der Waals surface area contributed by atoms with Crippen LogP contribution < -0.4 is 5.73 Å². The summed E-state index contributed by atoms with van der Waals surface area (Å²) in [6, 6.07) is 1.86. The summed E-state index contributed by atoms with van der Waals surface area (Å²) < 4.78 is 14.0. The Kier molecular flexibility index (Phi) is 3.71. The van der Waals surface area contributed by atoms with Gasteiger partial charge in [-0.05, 0) is 19.9 Å². The molecule has 0 amide bonds. The highest BCUT2D eigenvalue weighted by molar-refractivity contribution is 7.84. The fourth-order valence-corrected chi connectivity index (χ4v) is 2.73. The maximum atomic E-state index is 12.2. The first-order valence-electron chi connectivity index (χ1n) is 5.56. The van der Waals surface area contributed by atoms with Crippen LogP contribution >= 0.6 is 0 Å². The molecule has 0 saturated carbocycles. The van der Waals surface area contributed by atoms with E-state index in [-0.39, 0.29) is 6.04 Å². The standard InChI is InChI=1S/C11H15N5OS/c1-8(2)16-11(14-7-15-16)6-18(17)10-3-4-13-5-9(10)12/h3-5,7-8H,6,12H2,1-2H3. The van der Waals surface area contributed by atoms with Crippen LogP contribution in [-0.2, 0) is 16.6 Å². The van der Waals surface area contributed by atoms with E-state index in [2.05, 4.69) is 15.1 Å². The van der Waals surface area contributed by atoms with Crippen LogP contribution in [0.2, 0.25) is 0 Å². The summed E-state index contributed by atoms with van der Waals surface area (Å²) >= 11 is 0. The molecule has 0 aliphatic carbocycles. The van der Waals surface area contributed by atoms with Gasteiger partial charge in [-0.3, -0.25) is 9.19 Å². The lowest BCUT2D eigenvalue weighted by molar-refractivity contribution is 0.513. The van der Waals surface area contributed by atoms with Crippen molar-refractivity contribution in [2.75, 3.05) is 5.73 Å². The van der Waals surface area contributed by atoms with Crippen LogP contribution in [0.5, 0.6) is 0 Å². The van der Waals surface area contributed by atoms with E-state index in [0.29, 0.717) is 22.2 Å². The molecule has 0 radical (unpaired) electrons. The quantitative estimate of drug-likeness (QED) is 0.896. The van der Waals surface area contributed by atoms with Gasteiger partial charge in [0.2, 0.25) is 0 Å². The Labute approximate surface area is 108 Å². The third-order valence-corrected chi connectivity index (χ3v) is 3.83. The highest BCUT2D eigenvalue weighted by atomic mass is 32.2. The Bertz CT molecular complexity index is 566. The van der Waals surface area contributed by atoms with E-state index in [1.54, 1.807) is 16.9 Å². The number of nitrogens with two attached hydrogens (primary N) is 1. The Morgan fingerprint density at radius 2 is 2.28 bits per heavy atom. The summed E-state index contributed by atoms with van der Waals surface area (Å²) in [5.74, 6) is 0.992. The van der Waals surface area contributed by atoms with Gasteiger partial charge in [-0.25, -0.2) is 9.67 Å². The molecule has 18 heavy (non-hydrogen) atoms. The second-order valence-electron chi connectivity index (χ2n) is 4.12. The summed E-state index contributed by atoms with van der Waals surface area (Å²) in [6.07, 6.45) is 4.56. The molecule has 1 atom stereocenters. The summed E-state index contributed by atoms with van der Waals surface area (Å²) in [7, 11) is -1.24. The van der Waals surface area contributed by atoms with Crippen molar-refractivity contribution in [2.24, 2.45) is 0 Å². The van der Waals surface area contributed by atoms with Crippen LogP contribution in [0, 0.1) is 0 Å². The Morgan fingerprint density at radius 3 is 2.94 bits per heavy atom. The second-order valence-corrected chi connectivity index (χ2v) is 5.54. The molecule has 0 fully saturated rings. The van der Waals surface area contributed by atoms with Crippen molar-refractivity contribution in [3.8, 4) is 0 Å². The highest BCUT2D eigenvalue weighted by Crippen LogP contribution is 2.17. The van der Waals surface area contributed by atoms with Crippen molar-refractivity contribution >= 4 is 16.5 Å². The van der Waals surface area contributed by atoms with Crippen LogP contribution in [0.1, 0.15) is 25.7 Å². The molecule has 2 heterocycles. The minimum atomic E-state index is -1.24. The Balaban J connectivity index is 2.22. The smallest absolute Gasteiger partial charge is 0.140 e. The molecule has 2 aromatic rings. The van der Waals surface area contributed by atoms with E-state index in [0.717, 1.165) is 0 Å². The number of hydrogen-bond donors (Lipinski definition) is 1. The van der Waals surface area contributed by atoms with Gasteiger partial charge in [0, 0.05) is 12.2 Å². The SMILES string of the molecule is CC(C)n1ncnc1CS(=O)c1ccncc1N. The first kappa shape index (κ1) is 12.7. The van der Waals surface area contributed by atoms with Gasteiger partial charge in [0.15, 0.2) is 0 Å². The molecule has 7 heteroatoms. The lowest BCUT2D eigenvalue weighted by Gasteiger charge is -2.09. The van der Waals surface area contributed by atoms with Crippen LogP contribution in [0.4, 0.5) is 5.69 Å². The van der Waals surface area contributed by atoms with E-state index in [9.17, 15) is 4.21 Å². The lowest BCUT2D eigenvalue weighted by atomic mass is 10.4. The highest BCUT2D eigenvalue weighted by Gasteiger charge is 2.14. The predicted molar refractivity (Wildman–Crippen MR) is 69.2 cm³/mol. The summed E-state index contributed by atoms with van der Waals surface area (Å²) in [6.45, 7) is 4.00. The van der Waals surface area contributed by atoms with Gasteiger partial charge in [-0.1, -0.05) is 0 Å². The predicted octanol–water partition coefficient (Wildman–Crippen LogP) is 1.14. The van der Waals surface area contributed by atoms with E-state index < -0.39 is 10.8 Å². The second kappa shape index (κ2) is 5.26. The number of pyridine rings is 1. The maximum Gasteiger partial charge on any atom is 0.140 e. The van der Waals surface area contributed by atoms with Gasteiger partial charge in [-0.15, -0.1) is 0 Å². The zero-order chi connectivity index (χ0) is 13.1. The van der Waals surface area contributed by atoms with Gasteiger partial charge < -0.3 is 5.73 Å². The molecule has 0 aromatic carbocycles. The van der Waals surface area contributed by atoms with Crippen molar-refractivity contribution in [1.82, 2.24) is 19.7 Å². The van der Waals surface area contributed by atoms with Gasteiger partial charge in [0.1, 0.15) is 12.2 Å². The third kappa shape index (κ3) is 2.56. The molecule has 96 valence electrons. The van der Waals surface area contributed by atoms with E-state index in [1.807, 2.05) is 13.8 Å². The van der Waals surface area contributed by atoms with Crippen LogP contribution in [0.15, 0.2) is 29.7 Å². The largest absolute Gasteiger partial charge is 0.396 e. The summed E-state index contributed by atoms with van der Waals surface area (Å²) in [5, 5.41) is 4.11. The molecule has 0 spiro atoms. The minimum Gasteiger partial charge on any atom is -0.396 e. The number of anilines is 1. The molecular weight excluding hydrogens is 250 g/mol. The molecule has 2 N–H and O–H groups in total. The van der Waals surface area contributed by atoms with Crippen molar-refractivity contribution < 1.29 is 4.21 Å². The zero-order valence-corrected chi connectivity index (χ0v) is 11.1. The number of rotatable bonds is 4. The van der Waals surface area contributed by atoms with E-state index >= 15 is 0 Å².